The fourth-order valence-electron chi connectivity index (χ4n) is 4.62. The molecule has 6 rings (SSSR count). The standard InChI is InChI=1S/C25H18NS/c1-15-12-13-17-16-7-5-10-20-24(16)25-18(8-6-11-21(25)27-20)23(17)22(15)19-9-3-4-14-26(19)2/h3-14H,1-2H3/q+1. The van der Waals surface area contributed by atoms with Crippen molar-refractivity contribution in [2.24, 2.45) is 7.05 Å². The topological polar surface area (TPSA) is 3.88 Å². The normalized spacial score (nSPS) is 12.1. The Labute approximate surface area is 161 Å². The fraction of sp³-hybridized carbons (Fsp3) is 0.0800. The summed E-state index contributed by atoms with van der Waals surface area (Å²) in [4.78, 5) is 0. The average Bonchev–Trinajstić information content (AvgIpc) is 3.07. The minimum absolute atomic E-state index is 1.26. The number of benzene rings is 4. The predicted octanol–water partition coefficient (Wildman–Crippen LogP) is 6.60. The SMILES string of the molecule is Cc1ccc2c3cccc4sc5cccc(c2c1-c1cccc[n+]1C)c5c43. The van der Waals surface area contributed by atoms with Crippen molar-refractivity contribution in [2.45, 2.75) is 6.92 Å². The summed E-state index contributed by atoms with van der Waals surface area (Å²) in [7, 11) is 2.13. The third kappa shape index (κ3) is 1.91. The van der Waals surface area contributed by atoms with E-state index in [1.807, 2.05) is 11.3 Å². The molecule has 0 saturated heterocycles. The van der Waals surface area contributed by atoms with Gasteiger partial charge in [0.05, 0.1) is 5.56 Å². The molecule has 0 amide bonds. The molecular weight excluding hydrogens is 346 g/mol. The Morgan fingerprint density at radius 2 is 1.37 bits per heavy atom. The first-order valence-corrected chi connectivity index (χ1v) is 10.1. The van der Waals surface area contributed by atoms with E-state index in [1.54, 1.807) is 0 Å². The summed E-state index contributed by atoms with van der Waals surface area (Å²) in [6, 6.07) is 24.5. The van der Waals surface area contributed by atoms with E-state index in [4.69, 9.17) is 0 Å². The highest BCUT2D eigenvalue weighted by molar-refractivity contribution is 7.26. The predicted molar refractivity (Wildman–Crippen MR) is 117 cm³/mol. The Morgan fingerprint density at radius 1 is 0.667 bits per heavy atom. The highest BCUT2D eigenvalue weighted by Crippen LogP contribution is 2.47. The van der Waals surface area contributed by atoms with Gasteiger partial charge in [0.25, 0.3) is 0 Å². The summed E-state index contributed by atoms with van der Waals surface area (Å²) < 4.78 is 4.99. The van der Waals surface area contributed by atoms with Crippen LogP contribution in [0.3, 0.4) is 0 Å². The number of nitrogens with zero attached hydrogens (tertiary/aromatic N) is 1. The van der Waals surface area contributed by atoms with E-state index < -0.39 is 0 Å². The zero-order valence-corrected chi connectivity index (χ0v) is 16.1. The number of hydrogen-bond donors (Lipinski definition) is 0. The van der Waals surface area contributed by atoms with Crippen LogP contribution in [0, 0.1) is 6.92 Å². The third-order valence-electron chi connectivity index (χ3n) is 5.81. The lowest BCUT2D eigenvalue weighted by Gasteiger charge is -2.14. The molecule has 6 aromatic rings. The van der Waals surface area contributed by atoms with Gasteiger partial charge in [0.15, 0.2) is 6.20 Å². The van der Waals surface area contributed by atoms with Gasteiger partial charge in [0, 0.05) is 37.7 Å². The molecule has 128 valence electrons. The molecule has 2 heterocycles. The molecule has 0 unspecified atom stereocenters. The highest BCUT2D eigenvalue weighted by Gasteiger charge is 2.21. The number of pyridine rings is 1. The van der Waals surface area contributed by atoms with E-state index in [2.05, 4.69) is 91.5 Å². The summed E-state index contributed by atoms with van der Waals surface area (Å²) in [5.41, 5.74) is 3.92. The van der Waals surface area contributed by atoms with Gasteiger partial charge >= 0.3 is 0 Å². The lowest BCUT2D eigenvalue weighted by atomic mass is 9.88. The first-order valence-electron chi connectivity index (χ1n) is 9.27. The molecule has 0 bridgehead atoms. The van der Waals surface area contributed by atoms with Crippen LogP contribution >= 0.6 is 11.3 Å². The van der Waals surface area contributed by atoms with Crippen molar-refractivity contribution < 1.29 is 4.57 Å². The first-order chi connectivity index (χ1) is 13.2. The minimum Gasteiger partial charge on any atom is -0.201 e. The van der Waals surface area contributed by atoms with Crippen molar-refractivity contribution in [3.05, 3.63) is 78.5 Å². The second-order valence-corrected chi connectivity index (χ2v) is 8.42. The van der Waals surface area contributed by atoms with Crippen LogP contribution in [-0.4, -0.2) is 0 Å². The lowest BCUT2D eigenvalue weighted by molar-refractivity contribution is -0.660. The van der Waals surface area contributed by atoms with E-state index >= 15 is 0 Å². The van der Waals surface area contributed by atoms with Gasteiger partial charge in [0.1, 0.15) is 7.05 Å². The molecular formula is C25H18NS+. The van der Waals surface area contributed by atoms with Gasteiger partial charge in [-0.2, -0.15) is 0 Å². The Balaban J connectivity index is 1.98. The van der Waals surface area contributed by atoms with E-state index in [-0.39, 0.29) is 0 Å². The van der Waals surface area contributed by atoms with Crippen LogP contribution < -0.4 is 4.57 Å². The monoisotopic (exact) mass is 364 g/mol. The van der Waals surface area contributed by atoms with Crippen LogP contribution in [-0.2, 0) is 7.05 Å². The smallest absolute Gasteiger partial charge is 0.201 e. The molecule has 0 aliphatic rings. The number of rotatable bonds is 1. The van der Waals surface area contributed by atoms with Crippen LogP contribution in [0.1, 0.15) is 5.56 Å². The van der Waals surface area contributed by atoms with Gasteiger partial charge in [-0.05, 0) is 46.8 Å². The second kappa shape index (κ2) is 5.28. The Bertz CT molecular complexity index is 1490. The summed E-state index contributed by atoms with van der Waals surface area (Å²) in [5.74, 6) is 0. The van der Waals surface area contributed by atoms with Crippen molar-refractivity contribution >= 4 is 53.1 Å². The van der Waals surface area contributed by atoms with Gasteiger partial charge in [-0.15, -0.1) is 11.3 Å². The second-order valence-electron chi connectivity index (χ2n) is 7.34. The molecule has 27 heavy (non-hydrogen) atoms. The Hall–Kier alpha value is -2.97. The maximum absolute atomic E-state index is 2.31. The van der Waals surface area contributed by atoms with Crippen LogP contribution in [0.4, 0.5) is 0 Å². The molecule has 0 radical (unpaired) electrons. The van der Waals surface area contributed by atoms with Crippen molar-refractivity contribution in [1.82, 2.24) is 0 Å². The average molecular weight is 364 g/mol. The molecule has 0 spiro atoms. The van der Waals surface area contributed by atoms with E-state index in [1.165, 1.54) is 58.5 Å². The molecule has 2 heteroatoms. The molecule has 2 aromatic heterocycles. The molecule has 0 fully saturated rings. The highest BCUT2D eigenvalue weighted by atomic mass is 32.1. The number of fused-ring (bicyclic) bond motifs is 3. The number of hydrogen-bond acceptors (Lipinski definition) is 1. The molecule has 0 N–H and O–H groups in total. The Morgan fingerprint density at radius 3 is 2.15 bits per heavy atom. The molecule has 0 aliphatic carbocycles. The van der Waals surface area contributed by atoms with Gasteiger partial charge in [0.2, 0.25) is 5.69 Å². The van der Waals surface area contributed by atoms with Crippen molar-refractivity contribution in [3.63, 3.8) is 0 Å². The maximum atomic E-state index is 2.31. The van der Waals surface area contributed by atoms with Gasteiger partial charge in [-0.1, -0.05) is 36.4 Å². The van der Waals surface area contributed by atoms with Gasteiger partial charge in [-0.25, -0.2) is 4.57 Å². The molecule has 4 aromatic carbocycles. The first kappa shape index (κ1) is 15.1. The van der Waals surface area contributed by atoms with Crippen LogP contribution in [0.15, 0.2) is 72.9 Å². The summed E-state index contributed by atoms with van der Waals surface area (Å²) in [6.45, 7) is 2.23. The minimum atomic E-state index is 1.26. The Kier molecular flexibility index (Phi) is 2.95. The molecule has 1 nitrogen and oxygen atoms in total. The van der Waals surface area contributed by atoms with Crippen LogP contribution in [0.2, 0.25) is 0 Å². The summed E-state index contributed by atoms with van der Waals surface area (Å²) in [6.07, 6.45) is 2.13. The summed E-state index contributed by atoms with van der Waals surface area (Å²) in [5, 5.41) is 8.31. The third-order valence-corrected chi connectivity index (χ3v) is 6.93. The molecule has 0 atom stereocenters. The van der Waals surface area contributed by atoms with Crippen LogP contribution in [0.25, 0.3) is 53.0 Å². The van der Waals surface area contributed by atoms with Crippen LogP contribution in [0.5, 0.6) is 0 Å². The maximum Gasteiger partial charge on any atom is 0.213 e. The number of aryl methyl sites for hydroxylation is 2. The zero-order chi connectivity index (χ0) is 18.1. The number of thiophene rings is 1. The van der Waals surface area contributed by atoms with Crippen molar-refractivity contribution in [2.75, 3.05) is 0 Å². The van der Waals surface area contributed by atoms with Gasteiger partial charge < -0.3 is 0 Å². The molecule has 0 saturated carbocycles. The quantitative estimate of drug-likeness (QED) is 0.229. The van der Waals surface area contributed by atoms with Gasteiger partial charge in [-0.3, -0.25) is 0 Å². The molecule has 0 aliphatic heterocycles. The van der Waals surface area contributed by atoms with E-state index in [9.17, 15) is 0 Å². The van der Waals surface area contributed by atoms with E-state index in [0.29, 0.717) is 0 Å². The van der Waals surface area contributed by atoms with E-state index in [0.717, 1.165) is 0 Å². The largest absolute Gasteiger partial charge is 0.213 e. The van der Waals surface area contributed by atoms with Crippen molar-refractivity contribution in [1.29, 1.82) is 0 Å². The fourth-order valence-corrected chi connectivity index (χ4v) is 5.78. The number of aromatic nitrogens is 1. The lowest BCUT2D eigenvalue weighted by Crippen LogP contribution is -2.30. The van der Waals surface area contributed by atoms with Crippen molar-refractivity contribution in [3.8, 4) is 11.3 Å². The summed E-state index contributed by atoms with van der Waals surface area (Å²) >= 11 is 1.90. The zero-order valence-electron chi connectivity index (χ0n) is 15.3.